The highest BCUT2D eigenvalue weighted by Gasteiger charge is 2.34. The van der Waals surface area contributed by atoms with Crippen LogP contribution < -0.4 is 0 Å². The number of nitrogens with zero attached hydrogens (tertiary/aromatic N) is 1. The van der Waals surface area contributed by atoms with Gasteiger partial charge in [-0.2, -0.15) is 4.31 Å². The second-order valence-electron chi connectivity index (χ2n) is 4.62. The zero-order valence-electron chi connectivity index (χ0n) is 11.3. The largest absolute Gasteiger partial charge is 0.466 e. The minimum atomic E-state index is -3.52. The van der Waals surface area contributed by atoms with Crippen molar-refractivity contribution in [3.05, 3.63) is 13.6 Å². The van der Waals surface area contributed by atoms with E-state index in [0.717, 1.165) is 3.79 Å². The SMILES string of the molecule is CCOC(=O)C1CCN(S(=O)(=O)c2cc(Br)sc2Br)CC1. The van der Waals surface area contributed by atoms with Gasteiger partial charge in [0.2, 0.25) is 10.0 Å². The lowest BCUT2D eigenvalue weighted by Crippen LogP contribution is -2.40. The third kappa shape index (κ3) is 3.87. The van der Waals surface area contributed by atoms with Gasteiger partial charge in [0, 0.05) is 13.1 Å². The molecule has 0 spiro atoms. The van der Waals surface area contributed by atoms with Crippen LogP contribution in [-0.4, -0.2) is 38.4 Å². The molecule has 1 aliphatic heterocycles. The summed E-state index contributed by atoms with van der Waals surface area (Å²) in [6.45, 7) is 2.80. The first kappa shape index (κ1) is 17.4. The van der Waals surface area contributed by atoms with E-state index in [2.05, 4.69) is 31.9 Å². The number of hydrogen-bond acceptors (Lipinski definition) is 5. The van der Waals surface area contributed by atoms with E-state index in [1.165, 1.54) is 15.6 Å². The molecule has 1 saturated heterocycles. The maximum Gasteiger partial charge on any atom is 0.309 e. The van der Waals surface area contributed by atoms with Crippen molar-refractivity contribution in [2.45, 2.75) is 24.7 Å². The summed E-state index contributed by atoms with van der Waals surface area (Å²) in [7, 11) is -3.52. The average molecular weight is 461 g/mol. The van der Waals surface area contributed by atoms with Gasteiger partial charge in [-0.1, -0.05) is 0 Å². The van der Waals surface area contributed by atoms with Crippen LogP contribution in [-0.2, 0) is 19.6 Å². The Morgan fingerprint density at radius 3 is 2.52 bits per heavy atom. The van der Waals surface area contributed by atoms with E-state index in [0.29, 0.717) is 36.3 Å². The molecular weight excluding hydrogens is 446 g/mol. The fourth-order valence-electron chi connectivity index (χ4n) is 2.23. The van der Waals surface area contributed by atoms with E-state index in [-0.39, 0.29) is 16.8 Å². The Labute approximate surface area is 145 Å². The maximum absolute atomic E-state index is 12.6. The number of piperidine rings is 1. The van der Waals surface area contributed by atoms with Crippen LogP contribution in [0.25, 0.3) is 0 Å². The number of halogens is 2. The van der Waals surface area contributed by atoms with Gasteiger partial charge in [-0.15, -0.1) is 11.3 Å². The van der Waals surface area contributed by atoms with Gasteiger partial charge < -0.3 is 4.74 Å². The average Bonchev–Trinajstić information content (AvgIpc) is 2.79. The van der Waals surface area contributed by atoms with E-state index in [9.17, 15) is 13.2 Å². The Kier molecular flexibility index (Phi) is 5.86. The molecule has 21 heavy (non-hydrogen) atoms. The second-order valence-corrected chi connectivity index (χ2v) is 10.3. The lowest BCUT2D eigenvalue weighted by molar-refractivity contribution is -0.149. The number of esters is 1. The summed E-state index contributed by atoms with van der Waals surface area (Å²) in [5.74, 6) is -0.428. The summed E-state index contributed by atoms with van der Waals surface area (Å²) < 4.78 is 32.9. The molecule has 1 aromatic heterocycles. The molecule has 2 heterocycles. The lowest BCUT2D eigenvalue weighted by Gasteiger charge is -2.29. The van der Waals surface area contributed by atoms with Crippen LogP contribution in [0.5, 0.6) is 0 Å². The topological polar surface area (TPSA) is 63.7 Å². The molecule has 118 valence electrons. The first-order valence-corrected chi connectivity index (χ1v) is 10.3. The Balaban J connectivity index is 2.08. The van der Waals surface area contributed by atoms with Gasteiger partial charge in [-0.05, 0) is 57.7 Å². The molecule has 1 aliphatic rings. The summed E-state index contributed by atoms with van der Waals surface area (Å²) in [6, 6.07) is 1.60. The van der Waals surface area contributed by atoms with Crippen molar-refractivity contribution in [3.63, 3.8) is 0 Å². The molecule has 5 nitrogen and oxygen atoms in total. The standard InChI is InChI=1S/C12H15Br2NO4S2/c1-2-19-12(16)8-3-5-15(6-4-8)21(17,18)9-7-10(13)20-11(9)14/h7-8H,2-6H2,1H3. The molecule has 1 fully saturated rings. The Morgan fingerprint density at radius 1 is 1.43 bits per heavy atom. The van der Waals surface area contributed by atoms with Crippen LogP contribution in [0, 0.1) is 5.92 Å². The van der Waals surface area contributed by atoms with Crippen LogP contribution >= 0.6 is 43.2 Å². The summed E-state index contributed by atoms with van der Waals surface area (Å²) in [6.07, 6.45) is 1.00. The molecule has 0 saturated carbocycles. The predicted octanol–water partition coefficient (Wildman–Crippen LogP) is 3.24. The monoisotopic (exact) mass is 459 g/mol. The third-order valence-corrected chi connectivity index (χ3v) is 7.97. The van der Waals surface area contributed by atoms with Gasteiger partial charge >= 0.3 is 5.97 Å². The summed E-state index contributed by atoms with van der Waals surface area (Å²) in [5, 5.41) is 0. The van der Waals surface area contributed by atoms with E-state index in [1.807, 2.05) is 0 Å². The second kappa shape index (κ2) is 7.08. The number of rotatable bonds is 4. The van der Waals surface area contributed by atoms with Gasteiger partial charge in [0.05, 0.1) is 20.1 Å². The third-order valence-electron chi connectivity index (χ3n) is 3.32. The lowest BCUT2D eigenvalue weighted by atomic mass is 9.98. The fourth-order valence-corrected chi connectivity index (χ4v) is 7.46. The first-order valence-electron chi connectivity index (χ1n) is 6.48. The zero-order chi connectivity index (χ0) is 15.6. The summed E-state index contributed by atoms with van der Waals surface area (Å²) in [4.78, 5) is 12.0. The fraction of sp³-hybridized carbons (Fsp3) is 0.583. The van der Waals surface area contributed by atoms with Crippen LogP contribution in [0.15, 0.2) is 18.5 Å². The number of hydrogen-bond donors (Lipinski definition) is 0. The number of ether oxygens (including phenoxy) is 1. The quantitative estimate of drug-likeness (QED) is 0.647. The predicted molar refractivity (Wildman–Crippen MR) is 87.8 cm³/mol. The van der Waals surface area contributed by atoms with Crippen molar-refractivity contribution in [3.8, 4) is 0 Å². The molecule has 9 heteroatoms. The van der Waals surface area contributed by atoms with Crippen molar-refractivity contribution in [1.82, 2.24) is 4.31 Å². The maximum atomic E-state index is 12.6. The molecule has 1 aromatic rings. The van der Waals surface area contributed by atoms with E-state index < -0.39 is 10.0 Å². The van der Waals surface area contributed by atoms with Gasteiger partial charge in [0.1, 0.15) is 4.90 Å². The van der Waals surface area contributed by atoms with E-state index in [4.69, 9.17) is 4.74 Å². The van der Waals surface area contributed by atoms with E-state index in [1.54, 1.807) is 13.0 Å². The number of sulfonamides is 1. The highest BCUT2D eigenvalue weighted by atomic mass is 79.9. The smallest absolute Gasteiger partial charge is 0.309 e. The Morgan fingerprint density at radius 2 is 2.05 bits per heavy atom. The van der Waals surface area contributed by atoms with Crippen molar-refractivity contribution >= 4 is 59.2 Å². The van der Waals surface area contributed by atoms with Gasteiger partial charge in [-0.25, -0.2) is 8.42 Å². The molecule has 2 rings (SSSR count). The van der Waals surface area contributed by atoms with Crippen LogP contribution in [0.1, 0.15) is 19.8 Å². The molecule has 0 amide bonds. The zero-order valence-corrected chi connectivity index (χ0v) is 16.1. The highest BCUT2D eigenvalue weighted by Crippen LogP contribution is 2.37. The van der Waals surface area contributed by atoms with Gasteiger partial charge in [-0.3, -0.25) is 4.79 Å². The van der Waals surface area contributed by atoms with Crippen LogP contribution in [0.2, 0.25) is 0 Å². The summed E-state index contributed by atoms with van der Waals surface area (Å²) in [5.41, 5.74) is 0. The van der Waals surface area contributed by atoms with Crippen molar-refractivity contribution in [1.29, 1.82) is 0 Å². The van der Waals surface area contributed by atoms with E-state index >= 15 is 0 Å². The molecule has 0 atom stereocenters. The highest BCUT2D eigenvalue weighted by molar-refractivity contribution is 9.12. The molecule has 0 bridgehead atoms. The normalized spacial score (nSPS) is 17.9. The van der Waals surface area contributed by atoms with Crippen LogP contribution in [0.4, 0.5) is 0 Å². The Bertz CT molecular complexity index is 621. The molecule has 0 aromatic carbocycles. The van der Waals surface area contributed by atoms with Gasteiger partial charge in [0.15, 0.2) is 0 Å². The molecular formula is C12H15Br2NO4S2. The molecule has 0 aliphatic carbocycles. The minimum absolute atomic E-state index is 0.200. The molecule has 0 N–H and O–H groups in total. The van der Waals surface area contributed by atoms with Gasteiger partial charge in [0.25, 0.3) is 0 Å². The molecule has 0 unspecified atom stereocenters. The number of carbonyl (C=O) groups is 1. The minimum Gasteiger partial charge on any atom is -0.466 e. The number of thiophene rings is 1. The Hall–Kier alpha value is 0.0400. The van der Waals surface area contributed by atoms with Crippen molar-refractivity contribution in [2.75, 3.05) is 19.7 Å². The number of carbonyl (C=O) groups excluding carboxylic acids is 1. The first-order chi connectivity index (χ1) is 9.86. The van der Waals surface area contributed by atoms with Crippen LogP contribution in [0.3, 0.4) is 0 Å². The molecule has 0 radical (unpaired) electrons. The summed E-state index contributed by atoms with van der Waals surface area (Å²) >= 11 is 7.90. The van der Waals surface area contributed by atoms with Crippen molar-refractivity contribution < 1.29 is 17.9 Å². The van der Waals surface area contributed by atoms with Crippen molar-refractivity contribution in [2.24, 2.45) is 5.92 Å².